The van der Waals surface area contributed by atoms with Gasteiger partial charge >= 0.3 is 0 Å². The zero-order valence-electron chi connectivity index (χ0n) is 21.8. The summed E-state index contributed by atoms with van der Waals surface area (Å²) in [5.41, 5.74) is 2.66. The molecule has 3 aliphatic carbocycles. The van der Waals surface area contributed by atoms with Crippen LogP contribution in [0, 0.1) is 31.6 Å². The number of phenolic OH excluding ortho intramolecular Hbond substituents is 1. The van der Waals surface area contributed by atoms with Crippen molar-refractivity contribution in [3.63, 3.8) is 0 Å². The van der Waals surface area contributed by atoms with Crippen LogP contribution in [-0.4, -0.2) is 61.4 Å². The number of rotatable bonds is 2. The average Bonchev–Trinajstić information content (AvgIpc) is 3.22. The highest BCUT2D eigenvalue weighted by molar-refractivity contribution is 6.53. The van der Waals surface area contributed by atoms with Crippen LogP contribution in [0.4, 0.5) is 0 Å². The number of likely N-dealkylation sites (tertiary alicyclic amines) is 2. The maximum atomic E-state index is 14.0. The van der Waals surface area contributed by atoms with Gasteiger partial charge in [-0.05, 0) is 62.1 Å². The molecule has 0 spiro atoms. The van der Waals surface area contributed by atoms with E-state index in [2.05, 4.69) is 0 Å². The fraction of sp³-hybridized carbons (Fsp3) is 0.586. The molecule has 9 heteroatoms. The molecule has 0 aromatic heterocycles. The van der Waals surface area contributed by atoms with Crippen LogP contribution < -0.4 is 0 Å². The number of nitrogens with zero attached hydrogens (tertiary/aromatic N) is 2. The van der Waals surface area contributed by atoms with E-state index >= 15 is 0 Å². The minimum absolute atomic E-state index is 0.00401. The molecule has 2 saturated carbocycles. The third-order valence-electron chi connectivity index (χ3n) is 9.83. The summed E-state index contributed by atoms with van der Waals surface area (Å²) in [5, 5.41) is 10.4. The minimum Gasteiger partial charge on any atom is -0.507 e. The molecule has 2 saturated heterocycles. The van der Waals surface area contributed by atoms with Gasteiger partial charge in [0, 0.05) is 19.0 Å². The van der Waals surface area contributed by atoms with Crippen LogP contribution in [0.3, 0.4) is 0 Å². The topological polar surface area (TPSA) is 95.0 Å². The smallest absolute Gasteiger partial charge is 0.253 e. The Morgan fingerprint density at radius 1 is 0.921 bits per heavy atom. The summed E-state index contributed by atoms with van der Waals surface area (Å²) < 4.78 is 0. The standard InChI is InChI=1S/C29H32Cl2N2O5/c1-14-11-16(12-15(2)23(14)34)22-18-9-10-19-21(25(36)33(24(19)35)17-7-5-4-6-8-17)20(18)13-28(30)26(37)32(3)27(38)29(22,28)31/h9,11-12,17,19-22,34H,4-8,10,13H2,1-3H3/t19-,20+,21-,22-,28+,29-/m0/s1. The second kappa shape index (κ2) is 8.56. The van der Waals surface area contributed by atoms with Crippen molar-refractivity contribution in [2.45, 2.75) is 80.5 Å². The number of phenols is 1. The van der Waals surface area contributed by atoms with Gasteiger partial charge in [-0.2, -0.15) is 0 Å². The van der Waals surface area contributed by atoms with Gasteiger partial charge in [0.05, 0.1) is 11.8 Å². The molecular weight excluding hydrogens is 527 g/mol. The van der Waals surface area contributed by atoms with Gasteiger partial charge in [0.15, 0.2) is 9.75 Å². The molecule has 202 valence electrons. The molecule has 2 heterocycles. The van der Waals surface area contributed by atoms with Gasteiger partial charge in [-0.1, -0.05) is 43.0 Å². The van der Waals surface area contributed by atoms with E-state index in [0.717, 1.165) is 42.6 Å². The third-order valence-corrected chi connectivity index (χ3v) is 11.2. The quantitative estimate of drug-likeness (QED) is 0.331. The van der Waals surface area contributed by atoms with Crippen molar-refractivity contribution in [3.8, 4) is 5.75 Å². The van der Waals surface area contributed by atoms with Crippen molar-refractivity contribution < 1.29 is 24.3 Å². The van der Waals surface area contributed by atoms with E-state index in [1.165, 1.54) is 11.9 Å². The predicted molar refractivity (Wildman–Crippen MR) is 142 cm³/mol. The fourth-order valence-electron chi connectivity index (χ4n) is 8.00. The Hall–Kier alpha value is -2.38. The summed E-state index contributed by atoms with van der Waals surface area (Å²) in [6, 6.07) is 3.46. The van der Waals surface area contributed by atoms with Crippen molar-refractivity contribution in [2.24, 2.45) is 17.8 Å². The van der Waals surface area contributed by atoms with Gasteiger partial charge in [-0.15, -0.1) is 23.2 Å². The number of allylic oxidation sites excluding steroid dienone is 2. The van der Waals surface area contributed by atoms with E-state index in [1.807, 2.05) is 6.08 Å². The highest BCUT2D eigenvalue weighted by Crippen LogP contribution is 2.65. The SMILES string of the molecule is Cc1cc([C@H]2C3=CC[C@@H]4C(=O)N(C5CCCCC5)C(=O)[C@@H]4[C@@H]3C[C@@]3(Cl)C(=O)N(C)C(=O)[C@@]23Cl)cc(C)c1O. The molecule has 0 unspecified atom stereocenters. The number of alkyl halides is 2. The van der Waals surface area contributed by atoms with Gasteiger partial charge in [0.25, 0.3) is 11.8 Å². The number of carbonyl (C=O) groups excluding carboxylic acids is 4. The Labute approximate surface area is 232 Å². The molecule has 1 N–H and O–H groups in total. The Bertz CT molecular complexity index is 1300. The van der Waals surface area contributed by atoms with Crippen LogP contribution in [0.15, 0.2) is 23.8 Å². The maximum Gasteiger partial charge on any atom is 0.253 e. The number of halogens is 2. The summed E-state index contributed by atoms with van der Waals surface area (Å²) in [6.45, 7) is 3.53. The van der Waals surface area contributed by atoms with Crippen LogP contribution in [0.25, 0.3) is 0 Å². The van der Waals surface area contributed by atoms with E-state index in [1.54, 1.807) is 26.0 Å². The second-order valence-electron chi connectivity index (χ2n) is 11.8. The highest BCUT2D eigenvalue weighted by atomic mass is 35.5. The third kappa shape index (κ3) is 3.15. The first-order valence-corrected chi connectivity index (χ1v) is 14.3. The van der Waals surface area contributed by atoms with E-state index in [9.17, 15) is 24.3 Å². The first-order chi connectivity index (χ1) is 17.9. The first kappa shape index (κ1) is 25.9. The molecule has 38 heavy (non-hydrogen) atoms. The van der Waals surface area contributed by atoms with Gasteiger partial charge in [-0.25, -0.2) is 0 Å². The molecule has 1 aromatic rings. The van der Waals surface area contributed by atoms with Gasteiger partial charge in [-0.3, -0.25) is 29.0 Å². The number of fused-ring (bicyclic) bond motifs is 4. The largest absolute Gasteiger partial charge is 0.507 e. The molecule has 6 atom stereocenters. The van der Waals surface area contributed by atoms with E-state index < -0.39 is 45.2 Å². The second-order valence-corrected chi connectivity index (χ2v) is 13.1. The zero-order valence-corrected chi connectivity index (χ0v) is 23.3. The Morgan fingerprint density at radius 2 is 1.55 bits per heavy atom. The molecule has 2 aliphatic heterocycles. The summed E-state index contributed by atoms with van der Waals surface area (Å²) in [5.74, 6) is -3.79. The minimum atomic E-state index is -1.81. The van der Waals surface area contributed by atoms with Gasteiger partial charge < -0.3 is 5.11 Å². The molecule has 6 rings (SSSR count). The Balaban J connectivity index is 1.51. The van der Waals surface area contributed by atoms with Crippen LogP contribution >= 0.6 is 23.2 Å². The number of hydrogen-bond donors (Lipinski definition) is 1. The number of aromatic hydroxyl groups is 1. The number of carbonyl (C=O) groups is 4. The maximum absolute atomic E-state index is 14.0. The van der Waals surface area contributed by atoms with Crippen LogP contribution in [0.5, 0.6) is 5.75 Å². The monoisotopic (exact) mass is 558 g/mol. The lowest BCUT2D eigenvalue weighted by molar-refractivity contribution is -0.144. The predicted octanol–water partition coefficient (Wildman–Crippen LogP) is 4.33. The van der Waals surface area contributed by atoms with E-state index in [0.29, 0.717) is 23.1 Å². The Kier molecular flexibility index (Phi) is 5.83. The van der Waals surface area contributed by atoms with Gasteiger partial charge in [0.1, 0.15) is 5.75 Å². The van der Waals surface area contributed by atoms with Crippen molar-refractivity contribution in [1.29, 1.82) is 0 Å². The molecule has 4 fully saturated rings. The summed E-state index contributed by atoms with van der Waals surface area (Å²) in [7, 11) is 1.39. The average molecular weight is 559 g/mol. The lowest BCUT2D eigenvalue weighted by atomic mass is 9.56. The van der Waals surface area contributed by atoms with Crippen LogP contribution in [-0.2, 0) is 19.2 Å². The van der Waals surface area contributed by atoms with E-state index in [-0.39, 0.29) is 30.0 Å². The number of benzene rings is 1. The van der Waals surface area contributed by atoms with Gasteiger partial charge in [0.2, 0.25) is 11.8 Å². The molecule has 5 aliphatic rings. The summed E-state index contributed by atoms with van der Waals surface area (Å²) in [4.78, 5) is 53.7. The number of aryl methyl sites for hydroxylation is 2. The van der Waals surface area contributed by atoms with Crippen LogP contribution in [0.2, 0.25) is 0 Å². The molecule has 0 radical (unpaired) electrons. The molecular formula is C29H32Cl2N2O5. The number of hydrogen-bond acceptors (Lipinski definition) is 5. The van der Waals surface area contributed by atoms with Crippen LogP contribution in [0.1, 0.15) is 67.6 Å². The zero-order chi connectivity index (χ0) is 27.3. The normalized spacial score (nSPS) is 37.3. The summed E-state index contributed by atoms with van der Waals surface area (Å²) in [6.07, 6.45) is 7.07. The first-order valence-electron chi connectivity index (χ1n) is 13.5. The molecule has 1 aromatic carbocycles. The molecule has 4 amide bonds. The van der Waals surface area contributed by atoms with Crippen molar-refractivity contribution >= 4 is 46.8 Å². The lowest BCUT2D eigenvalue weighted by Gasteiger charge is -2.51. The van der Waals surface area contributed by atoms with Crippen molar-refractivity contribution in [3.05, 3.63) is 40.5 Å². The van der Waals surface area contributed by atoms with E-state index in [4.69, 9.17) is 23.2 Å². The lowest BCUT2D eigenvalue weighted by Crippen LogP contribution is -2.60. The summed E-state index contributed by atoms with van der Waals surface area (Å²) >= 11 is 14.4. The highest BCUT2D eigenvalue weighted by Gasteiger charge is 2.76. The fourth-order valence-corrected chi connectivity index (χ4v) is 9.02. The molecule has 7 nitrogen and oxygen atoms in total. The number of imide groups is 2. The number of amides is 4. The van der Waals surface area contributed by atoms with Crippen molar-refractivity contribution in [2.75, 3.05) is 7.05 Å². The van der Waals surface area contributed by atoms with Crippen molar-refractivity contribution in [1.82, 2.24) is 9.80 Å². The molecule has 0 bridgehead atoms. The Morgan fingerprint density at radius 3 is 2.18 bits per heavy atom.